The molecule has 0 amide bonds. The molecule has 2 rings (SSSR count). The highest BCUT2D eigenvalue weighted by Crippen LogP contribution is 2.17. The number of Topliss-reactive ketones (excluding diaryl/α,β-unsaturated/α-hetero) is 1. The zero-order chi connectivity index (χ0) is 10.7. The van der Waals surface area contributed by atoms with Gasteiger partial charge in [-0.3, -0.25) is 4.79 Å². The second kappa shape index (κ2) is 4.09. The molecule has 0 saturated carbocycles. The van der Waals surface area contributed by atoms with Crippen LogP contribution in [0, 0.1) is 0 Å². The lowest BCUT2D eigenvalue weighted by Crippen LogP contribution is -2.03. The molecular formula is C14H12O. The van der Waals surface area contributed by atoms with Gasteiger partial charge in [0.25, 0.3) is 0 Å². The number of benzene rings is 1. The van der Waals surface area contributed by atoms with E-state index in [1.54, 1.807) is 0 Å². The average Bonchev–Trinajstić information content (AvgIpc) is 2.29. The lowest BCUT2D eigenvalue weighted by Gasteiger charge is -2.07. The molecule has 0 aromatic heterocycles. The van der Waals surface area contributed by atoms with Crippen molar-refractivity contribution in [3.05, 3.63) is 71.8 Å². The number of carbonyl (C=O) groups is 1. The maximum Gasteiger partial charge on any atom is 0.193 e. The van der Waals surface area contributed by atoms with Crippen LogP contribution >= 0.6 is 0 Å². The van der Waals surface area contributed by atoms with Gasteiger partial charge in [-0.05, 0) is 12.5 Å². The first-order valence-corrected chi connectivity index (χ1v) is 4.93. The monoisotopic (exact) mass is 196 g/mol. The van der Waals surface area contributed by atoms with Gasteiger partial charge in [-0.15, -0.1) is 0 Å². The van der Waals surface area contributed by atoms with Gasteiger partial charge >= 0.3 is 0 Å². The number of ketones is 1. The van der Waals surface area contributed by atoms with Crippen molar-refractivity contribution in [2.24, 2.45) is 0 Å². The molecule has 0 fully saturated rings. The van der Waals surface area contributed by atoms with Crippen LogP contribution in [0.5, 0.6) is 0 Å². The first-order chi connectivity index (χ1) is 7.27. The molecule has 1 heteroatoms. The lowest BCUT2D eigenvalue weighted by molar-refractivity contribution is 0.103. The molecule has 0 spiro atoms. The third-order valence-electron chi connectivity index (χ3n) is 2.34. The minimum Gasteiger partial charge on any atom is -0.289 e. The first-order valence-electron chi connectivity index (χ1n) is 4.93. The van der Waals surface area contributed by atoms with Crippen molar-refractivity contribution in [2.45, 2.75) is 6.42 Å². The SMILES string of the molecule is C=C1C=C(C(=O)c2ccccc2)C=CC1. The quantitative estimate of drug-likeness (QED) is 0.663. The molecule has 0 N–H and O–H groups in total. The molecule has 1 aromatic rings. The Labute approximate surface area is 89.4 Å². The van der Waals surface area contributed by atoms with Crippen molar-refractivity contribution in [1.82, 2.24) is 0 Å². The Kier molecular flexibility index (Phi) is 2.64. The smallest absolute Gasteiger partial charge is 0.193 e. The van der Waals surface area contributed by atoms with E-state index in [0.717, 1.165) is 23.1 Å². The number of carbonyl (C=O) groups excluding carboxylic acids is 1. The zero-order valence-corrected chi connectivity index (χ0v) is 8.44. The van der Waals surface area contributed by atoms with Gasteiger partial charge in [0.1, 0.15) is 0 Å². The molecule has 0 radical (unpaired) electrons. The molecule has 1 aliphatic rings. The third-order valence-corrected chi connectivity index (χ3v) is 2.34. The molecular weight excluding hydrogens is 184 g/mol. The maximum atomic E-state index is 12.0. The normalized spacial score (nSPS) is 14.9. The topological polar surface area (TPSA) is 17.1 Å². The molecule has 1 aromatic carbocycles. The summed E-state index contributed by atoms with van der Waals surface area (Å²) < 4.78 is 0. The van der Waals surface area contributed by atoms with Crippen molar-refractivity contribution >= 4 is 5.78 Å². The Hall–Kier alpha value is -1.89. The van der Waals surface area contributed by atoms with Crippen molar-refractivity contribution in [3.8, 4) is 0 Å². The van der Waals surface area contributed by atoms with Crippen LogP contribution in [0.15, 0.2) is 66.3 Å². The summed E-state index contributed by atoms with van der Waals surface area (Å²) in [6, 6.07) is 9.30. The fourth-order valence-electron chi connectivity index (χ4n) is 1.56. The maximum absolute atomic E-state index is 12.0. The molecule has 0 unspecified atom stereocenters. The van der Waals surface area contributed by atoms with Gasteiger partial charge in [-0.1, -0.05) is 54.6 Å². The van der Waals surface area contributed by atoms with Crippen LogP contribution in [0.4, 0.5) is 0 Å². The first kappa shape index (κ1) is 9.66. The van der Waals surface area contributed by atoms with E-state index in [1.807, 2.05) is 48.6 Å². The molecule has 0 aliphatic heterocycles. The van der Waals surface area contributed by atoms with Crippen LogP contribution in [-0.4, -0.2) is 5.78 Å². The van der Waals surface area contributed by atoms with E-state index in [0.29, 0.717) is 0 Å². The van der Waals surface area contributed by atoms with E-state index in [-0.39, 0.29) is 5.78 Å². The van der Waals surface area contributed by atoms with Gasteiger partial charge in [-0.2, -0.15) is 0 Å². The number of hydrogen-bond acceptors (Lipinski definition) is 1. The Morgan fingerprint density at radius 3 is 2.60 bits per heavy atom. The van der Waals surface area contributed by atoms with Gasteiger partial charge < -0.3 is 0 Å². The fourth-order valence-corrected chi connectivity index (χ4v) is 1.56. The molecule has 0 atom stereocenters. The largest absolute Gasteiger partial charge is 0.289 e. The highest BCUT2D eigenvalue weighted by atomic mass is 16.1. The Morgan fingerprint density at radius 2 is 1.93 bits per heavy atom. The van der Waals surface area contributed by atoms with E-state index >= 15 is 0 Å². The molecule has 0 heterocycles. The van der Waals surface area contributed by atoms with Gasteiger partial charge in [-0.25, -0.2) is 0 Å². The summed E-state index contributed by atoms with van der Waals surface area (Å²) in [5.74, 6) is 0.0627. The summed E-state index contributed by atoms with van der Waals surface area (Å²) in [6.07, 6.45) is 6.53. The molecule has 1 aliphatic carbocycles. The standard InChI is InChI=1S/C14H12O/c1-11-6-5-9-13(10-11)14(15)12-7-3-2-4-8-12/h2-5,7-10H,1,6H2. The Morgan fingerprint density at radius 1 is 1.20 bits per heavy atom. The number of allylic oxidation sites excluding steroid dienone is 5. The van der Waals surface area contributed by atoms with Gasteiger partial charge in [0.15, 0.2) is 5.78 Å². The minimum atomic E-state index is 0.0627. The van der Waals surface area contributed by atoms with Crippen LogP contribution in [0.1, 0.15) is 16.8 Å². The van der Waals surface area contributed by atoms with Crippen LogP contribution in [0.25, 0.3) is 0 Å². The van der Waals surface area contributed by atoms with E-state index in [9.17, 15) is 4.79 Å². The third kappa shape index (κ3) is 2.13. The van der Waals surface area contributed by atoms with Crippen molar-refractivity contribution in [1.29, 1.82) is 0 Å². The number of hydrogen-bond donors (Lipinski definition) is 0. The fraction of sp³-hybridized carbons (Fsp3) is 0.0714. The predicted octanol–water partition coefficient (Wildman–Crippen LogP) is 3.31. The number of rotatable bonds is 2. The molecule has 0 saturated heterocycles. The van der Waals surface area contributed by atoms with Gasteiger partial charge in [0.2, 0.25) is 0 Å². The van der Waals surface area contributed by atoms with E-state index in [2.05, 4.69) is 6.58 Å². The summed E-state index contributed by atoms with van der Waals surface area (Å²) in [7, 11) is 0. The van der Waals surface area contributed by atoms with E-state index < -0.39 is 0 Å². The van der Waals surface area contributed by atoms with Crippen molar-refractivity contribution < 1.29 is 4.79 Å². The molecule has 0 bridgehead atoms. The minimum absolute atomic E-state index is 0.0627. The van der Waals surface area contributed by atoms with Gasteiger partial charge in [0.05, 0.1) is 0 Å². The predicted molar refractivity (Wildman–Crippen MR) is 61.8 cm³/mol. The van der Waals surface area contributed by atoms with E-state index in [4.69, 9.17) is 0 Å². The Bertz CT molecular complexity index is 449. The lowest BCUT2D eigenvalue weighted by atomic mass is 9.96. The highest BCUT2D eigenvalue weighted by molar-refractivity contribution is 6.10. The summed E-state index contributed by atoms with van der Waals surface area (Å²) in [6.45, 7) is 3.86. The van der Waals surface area contributed by atoms with Crippen LogP contribution < -0.4 is 0 Å². The van der Waals surface area contributed by atoms with Gasteiger partial charge in [0, 0.05) is 11.1 Å². The molecule has 74 valence electrons. The van der Waals surface area contributed by atoms with Crippen LogP contribution in [-0.2, 0) is 0 Å². The second-order valence-electron chi connectivity index (χ2n) is 3.56. The summed E-state index contributed by atoms with van der Waals surface area (Å²) in [5, 5.41) is 0. The van der Waals surface area contributed by atoms with Crippen molar-refractivity contribution in [3.63, 3.8) is 0 Å². The summed E-state index contributed by atoms with van der Waals surface area (Å²) >= 11 is 0. The molecule has 15 heavy (non-hydrogen) atoms. The summed E-state index contributed by atoms with van der Waals surface area (Å²) in [4.78, 5) is 12.0. The Balaban J connectivity index is 2.30. The summed E-state index contributed by atoms with van der Waals surface area (Å²) in [5.41, 5.74) is 2.43. The molecule has 1 nitrogen and oxygen atoms in total. The van der Waals surface area contributed by atoms with Crippen LogP contribution in [0.2, 0.25) is 0 Å². The zero-order valence-electron chi connectivity index (χ0n) is 8.44. The van der Waals surface area contributed by atoms with Crippen molar-refractivity contribution in [2.75, 3.05) is 0 Å². The van der Waals surface area contributed by atoms with Crippen LogP contribution in [0.3, 0.4) is 0 Å². The highest BCUT2D eigenvalue weighted by Gasteiger charge is 2.11. The second-order valence-corrected chi connectivity index (χ2v) is 3.56. The van der Waals surface area contributed by atoms with E-state index in [1.165, 1.54) is 0 Å². The average molecular weight is 196 g/mol.